The van der Waals surface area contributed by atoms with Gasteiger partial charge in [-0.1, -0.05) is 30.3 Å². The van der Waals surface area contributed by atoms with Crippen LogP contribution in [0.5, 0.6) is 0 Å². The molecule has 3 rings (SSSR count). The molecule has 180 valence electrons. The van der Waals surface area contributed by atoms with Gasteiger partial charge < -0.3 is 24.3 Å². The topological polar surface area (TPSA) is 75.0 Å². The number of hydrogen-bond donors (Lipinski definition) is 1. The van der Waals surface area contributed by atoms with Gasteiger partial charge in [0.1, 0.15) is 12.3 Å². The highest BCUT2D eigenvalue weighted by Crippen LogP contribution is 2.18. The second-order valence-electron chi connectivity index (χ2n) is 7.70. The zero-order valence-corrected chi connectivity index (χ0v) is 20.4. The second-order valence-corrected chi connectivity index (χ2v) is 8.58. The maximum absolute atomic E-state index is 13.3. The lowest BCUT2D eigenvalue weighted by molar-refractivity contribution is -0.132. The quantitative estimate of drug-likeness (QED) is 0.378. The third-order valence-electron chi connectivity index (χ3n) is 5.31. The average Bonchev–Trinajstić information content (AvgIpc) is 3.38. The van der Waals surface area contributed by atoms with Crippen LogP contribution < -0.4 is 5.32 Å². The first kappa shape index (κ1) is 25.4. The normalized spacial score (nSPS) is 10.6. The summed E-state index contributed by atoms with van der Waals surface area (Å²) < 4.78 is 10.6. The molecule has 0 atom stereocenters. The van der Waals surface area contributed by atoms with E-state index in [0.29, 0.717) is 44.1 Å². The molecule has 0 aliphatic carbocycles. The van der Waals surface area contributed by atoms with Gasteiger partial charge in [0, 0.05) is 30.8 Å². The highest BCUT2D eigenvalue weighted by Gasteiger charge is 2.22. The number of nitrogens with zero attached hydrogens (tertiary/aromatic N) is 2. The maximum atomic E-state index is 13.3. The van der Waals surface area contributed by atoms with Crippen LogP contribution in [0.15, 0.2) is 82.3 Å². The van der Waals surface area contributed by atoms with Gasteiger partial charge in [-0.2, -0.15) is 0 Å². The predicted molar refractivity (Wildman–Crippen MR) is 135 cm³/mol. The number of hydrogen-bond acceptors (Lipinski definition) is 5. The number of benzene rings is 2. The number of amides is 3. The van der Waals surface area contributed by atoms with E-state index in [1.54, 1.807) is 36.1 Å². The average molecular weight is 482 g/mol. The van der Waals surface area contributed by atoms with Crippen LogP contribution in [0.1, 0.15) is 11.3 Å². The van der Waals surface area contributed by atoms with Gasteiger partial charge in [-0.15, -0.1) is 11.8 Å². The summed E-state index contributed by atoms with van der Waals surface area (Å²) in [5, 5.41) is 2.88. The van der Waals surface area contributed by atoms with Crippen molar-refractivity contribution in [2.75, 3.05) is 44.9 Å². The Hall–Kier alpha value is -3.23. The van der Waals surface area contributed by atoms with Crippen molar-refractivity contribution in [2.24, 2.45) is 0 Å². The molecule has 3 aromatic rings. The number of rotatable bonds is 12. The molecule has 1 aromatic heterocycles. The van der Waals surface area contributed by atoms with Gasteiger partial charge in [-0.3, -0.25) is 4.79 Å². The van der Waals surface area contributed by atoms with Gasteiger partial charge >= 0.3 is 6.03 Å². The van der Waals surface area contributed by atoms with E-state index in [2.05, 4.69) is 5.32 Å². The third kappa shape index (κ3) is 7.97. The number of furan rings is 1. The third-order valence-corrected chi connectivity index (χ3v) is 6.06. The smallest absolute Gasteiger partial charge is 0.322 e. The van der Waals surface area contributed by atoms with E-state index in [-0.39, 0.29) is 18.5 Å². The van der Waals surface area contributed by atoms with E-state index >= 15 is 0 Å². The number of anilines is 1. The molecule has 7 nitrogen and oxygen atoms in total. The van der Waals surface area contributed by atoms with Crippen LogP contribution in [0.4, 0.5) is 10.5 Å². The van der Waals surface area contributed by atoms with Crippen molar-refractivity contribution < 1.29 is 18.7 Å². The zero-order valence-electron chi connectivity index (χ0n) is 19.6. The first-order chi connectivity index (χ1) is 16.6. The Bertz CT molecular complexity index is 1010. The Morgan fingerprint density at radius 2 is 1.74 bits per heavy atom. The summed E-state index contributed by atoms with van der Waals surface area (Å²) in [5.41, 5.74) is 1.82. The molecule has 8 heteroatoms. The van der Waals surface area contributed by atoms with Gasteiger partial charge in [0.2, 0.25) is 5.91 Å². The van der Waals surface area contributed by atoms with E-state index in [9.17, 15) is 9.59 Å². The van der Waals surface area contributed by atoms with Crippen molar-refractivity contribution in [2.45, 2.75) is 17.9 Å². The molecular weight excluding hydrogens is 450 g/mol. The number of carbonyl (C=O) groups excluding carboxylic acids is 2. The molecule has 0 saturated heterocycles. The fourth-order valence-electron chi connectivity index (χ4n) is 3.39. The fraction of sp³-hybridized carbons (Fsp3) is 0.308. The Labute approximate surface area is 205 Å². The lowest BCUT2D eigenvalue weighted by Crippen LogP contribution is -2.46. The van der Waals surface area contributed by atoms with Crippen LogP contribution in [-0.4, -0.2) is 61.3 Å². The standard InChI is InChI=1S/C26H31N3O4S/c1-32-18-16-29(26(31)27-22-10-12-24(34-2)13-11-22)20-25(30)28(19-23-9-6-17-33-23)15-14-21-7-4-3-5-8-21/h3-13,17H,14-16,18-20H2,1-2H3,(H,27,31). The molecule has 0 aliphatic rings. The van der Waals surface area contributed by atoms with Gasteiger partial charge in [0.05, 0.1) is 19.4 Å². The molecule has 0 unspecified atom stereocenters. The maximum Gasteiger partial charge on any atom is 0.322 e. The Morgan fingerprint density at radius 3 is 2.38 bits per heavy atom. The first-order valence-electron chi connectivity index (χ1n) is 11.1. The molecule has 1 N–H and O–H groups in total. The lowest BCUT2D eigenvalue weighted by atomic mass is 10.1. The summed E-state index contributed by atoms with van der Waals surface area (Å²) in [5.74, 6) is 0.541. The van der Waals surface area contributed by atoms with Crippen molar-refractivity contribution in [3.8, 4) is 0 Å². The minimum Gasteiger partial charge on any atom is -0.467 e. The van der Waals surface area contributed by atoms with Crippen LogP contribution in [-0.2, 0) is 22.5 Å². The number of ether oxygens (including phenoxy) is 1. The van der Waals surface area contributed by atoms with Crippen molar-refractivity contribution >= 4 is 29.4 Å². The van der Waals surface area contributed by atoms with Crippen molar-refractivity contribution in [1.82, 2.24) is 9.80 Å². The monoisotopic (exact) mass is 481 g/mol. The molecule has 0 bridgehead atoms. The zero-order chi connectivity index (χ0) is 24.2. The fourth-order valence-corrected chi connectivity index (χ4v) is 3.79. The lowest BCUT2D eigenvalue weighted by Gasteiger charge is -2.27. The Morgan fingerprint density at radius 1 is 0.971 bits per heavy atom. The molecule has 1 heterocycles. The minimum absolute atomic E-state index is 0.0619. The molecule has 0 aliphatic heterocycles. The van der Waals surface area contributed by atoms with E-state index in [1.807, 2.05) is 66.9 Å². The second kappa shape index (κ2) is 13.5. The van der Waals surface area contributed by atoms with Gasteiger partial charge in [0.25, 0.3) is 0 Å². The molecule has 3 amide bonds. The van der Waals surface area contributed by atoms with Crippen LogP contribution in [0.25, 0.3) is 0 Å². The summed E-state index contributed by atoms with van der Waals surface area (Å²) in [4.78, 5) is 30.6. The van der Waals surface area contributed by atoms with Crippen LogP contribution >= 0.6 is 11.8 Å². The molecular formula is C26H31N3O4S. The molecule has 0 radical (unpaired) electrons. The highest BCUT2D eigenvalue weighted by molar-refractivity contribution is 7.98. The number of thioether (sulfide) groups is 1. The highest BCUT2D eigenvalue weighted by atomic mass is 32.2. The molecule has 34 heavy (non-hydrogen) atoms. The number of carbonyl (C=O) groups is 2. The largest absolute Gasteiger partial charge is 0.467 e. The summed E-state index contributed by atoms with van der Waals surface area (Å²) in [7, 11) is 1.57. The van der Waals surface area contributed by atoms with Crippen LogP contribution in [0.2, 0.25) is 0 Å². The first-order valence-corrected chi connectivity index (χ1v) is 12.3. The van der Waals surface area contributed by atoms with E-state index in [0.717, 1.165) is 10.5 Å². The van der Waals surface area contributed by atoms with Crippen molar-refractivity contribution in [3.05, 3.63) is 84.3 Å². The van der Waals surface area contributed by atoms with Crippen LogP contribution in [0.3, 0.4) is 0 Å². The molecule has 0 fully saturated rings. The summed E-state index contributed by atoms with van der Waals surface area (Å²) >= 11 is 1.63. The molecule has 0 spiro atoms. The molecule has 2 aromatic carbocycles. The van der Waals surface area contributed by atoms with E-state index in [4.69, 9.17) is 9.15 Å². The van der Waals surface area contributed by atoms with Crippen molar-refractivity contribution in [1.29, 1.82) is 0 Å². The van der Waals surface area contributed by atoms with E-state index < -0.39 is 0 Å². The Kier molecular flexibility index (Phi) is 10.1. The summed E-state index contributed by atoms with van der Waals surface area (Å²) in [6.07, 6.45) is 4.30. The van der Waals surface area contributed by atoms with Gasteiger partial charge in [-0.05, 0) is 54.6 Å². The number of methoxy groups -OCH3 is 1. The van der Waals surface area contributed by atoms with E-state index in [1.165, 1.54) is 4.90 Å². The van der Waals surface area contributed by atoms with Crippen LogP contribution in [0, 0.1) is 0 Å². The van der Waals surface area contributed by atoms with Gasteiger partial charge in [0.15, 0.2) is 0 Å². The predicted octanol–water partition coefficient (Wildman–Crippen LogP) is 4.75. The number of urea groups is 1. The summed E-state index contributed by atoms with van der Waals surface area (Å²) in [6, 6.07) is 20.9. The molecule has 0 saturated carbocycles. The SMILES string of the molecule is COCCN(CC(=O)N(CCc1ccccc1)Cc1ccco1)C(=O)Nc1ccc(SC)cc1. The minimum atomic E-state index is -0.344. The summed E-state index contributed by atoms with van der Waals surface area (Å²) in [6.45, 7) is 1.42. The van der Waals surface area contributed by atoms with Gasteiger partial charge in [-0.25, -0.2) is 4.79 Å². The Balaban J connectivity index is 1.68. The van der Waals surface area contributed by atoms with Crippen molar-refractivity contribution in [3.63, 3.8) is 0 Å². The number of nitrogens with one attached hydrogen (secondary N) is 1.